The van der Waals surface area contributed by atoms with Crippen LogP contribution in [0.25, 0.3) is 22.0 Å². The number of aromatic nitrogens is 1. The fourth-order valence-electron chi connectivity index (χ4n) is 4.77. The lowest BCUT2D eigenvalue weighted by atomic mass is 9.91. The molecule has 182 valence electrons. The third-order valence-electron chi connectivity index (χ3n) is 6.43. The molecule has 0 saturated heterocycles. The first-order valence-electron chi connectivity index (χ1n) is 11.6. The highest BCUT2D eigenvalue weighted by molar-refractivity contribution is 7.12. The van der Waals surface area contributed by atoms with Crippen molar-refractivity contribution in [3.8, 4) is 11.1 Å². The SMILES string of the molecule is O=C(c1cccs1)N1N=C(c2c(-c3ccc(Cl)cc3)c3ccccc3[nH]c2=O)C[C@H]1c1cccc(F)c1. The number of hydrazone groups is 1. The summed E-state index contributed by atoms with van der Waals surface area (Å²) in [6.07, 6.45) is 0.253. The Bertz CT molecular complexity index is 1730. The van der Waals surface area contributed by atoms with Crippen LogP contribution in [-0.4, -0.2) is 21.6 Å². The summed E-state index contributed by atoms with van der Waals surface area (Å²) in [5, 5.41) is 9.32. The Balaban J connectivity index is 1.57. The molecule has 1 atom stereocenters. The molecule has 6 rings (SSSR count). The minimum Gasteiger partial charge on any atom is -0.321 e. The molecule has 0 fully saturated rings. The van der Waals surface area contributed by atoms with Gasteiger partial charge in [-0.05, 0) is 52.9 Å². The first-order valence-corrected chi connectivity index (χ1v) is 12.9. The van der Waals surface area contributed by atoms with Crippen LogP contribution < -0.4 is 5.56 Å². The number of hydrogen-bond acceptors (Lipinski definition) is 4. The Kier molecular flexibility index (Phi) is 5.94. The van der Waals surface area contributed by atoms with Crippen molar-refractivity contribution in [1.29, 1.82) is 0 Å². The predicted octanol–water partition coefficient (Wildman–Crippen LogP) is 7.04. The molecule has 2 aromatic heterocycles. The van der Waals surface area contributed by atoms with Crippen molar-refractivity contribution in [3.05, 3.63) is 128 Å². The van der Waals surface area contributed by atoms with E-state index in [1.807, 2.05) is 41.8 Å². The number of nitrogens with zero attached hydrogens (tertiary/aromatic N) is 2. The maximum Gasteiger partial charge on any atom is 0.284 e. The van der Waals surface area contributed by atoms with Crippen LogP contribution >= 0.6 is 22.9 Å². The van der Waals surface area contributed by atoms with Crippen LogP contribution in [-0.2, 0) is 0 Å². The van der Waals surface area contributed by atoms with Crippen LogP contribution in [0.2, 0.25) is 5.02 Å². The third-order valence-corrected chi connectivity index (χ3v) is 7.54. The molecule has 1 aliphatic heterocycles. The summed E-state index contributed by atoms with van der Waals surface area (Å²) in [6, 6.07) is 23.9. The van der Waals surface area contributed by atoms with E-state index in [1.54, 1.807) is 36.4 Å². The number of pyridine rings is 1. The maximum atomic E-state index is 14.2. The molecule has 3 aromatic carbocycles. The molecule has 5 nitrogen and oxygen atoms in total. The maximum absolute atomic E-state index is 14.2. The van der Waals surface area contributed by atoms with Gasteiger partial charge in [0, 0.05) is 27.9 Å². The van der Waals surface area contributed by atoms with Gasteiger partial charge in [-0.2, -0.15) is 5.10 Å². The molecule has 0 spiro atoms. The van der Waals surface area contributed by atoms with Gasteiger partial charge in [-0.1, -0.05) is 60.1 Å². The average Bonchev–Trinajstić information content (AvgIpc) is 3.59. The Morgan fingerprint density at radius 3 is 2.57 bits per heavy atom. The number of hydrogen-bond donors (Lipinski definition) is 1. The van der Waals surface area contributed by atoms with Crippen molar-refractivity contribution >= 4 is 45.5 Å². The largest absolute Gasteiger partial charge is 0.321 e. The van der Waals surface area contributed by atoms with Crippen LogP contribution in [0, 0.1) is 5.82 Å². The molecule has 3 heterocycles. The first-order chi connectivity index (χ1) is 18.0. The molecule has 0 radical (unpaired) electrons. The lowest BCUT2D eigenvalue weighted by Gasteiger charge is -2.21. The minimum absolute atomic E-state index is 0.253. The lowest BCUT2D eigenvalue weighted by molar-refractivity contribution is 0.0716. The predicted molar refractivity (Wildman–Crippen MR) is 146 cm³/mol. The average molecular weight is 528 g/mol. The number of halogens is 2. The van der Waals surface area contributed by atoms with Gasteiger partial charge in [0.05, 0.1) is 22.2 Å². The lowest BCUT2D eigenvalue weighted by Crippen LogP contribution is -2.26. The van der Waals surface area contributed by atoms with Crippen molar-refractivity contribution in [2.45, 2.75) is 12.5 Å². The van der Waals surface area contributed by atoms with Crippen LogP contribution in [0.1, 0.15) is 33.3 Å². The molecule has 1 aliphatic rings. The zero-order valence-electron chi connectivity index (χ0n) is 19.3. The van der Waals surface area contributed by atoms with Crippen molar-refractivity contribution in [2.75, 3.05) is 0 Å². The van der Waals surface area contributed by atoms with E-state index in [-0.39, 0.29) is 17.9 Å². The zero-order valence-corrected chi connectivity index (χ0v) is 20.9. The van der Waals surface area contributed by atoms with E-state index < -0.39 is 11.9 Å². The molecule has 5 aromatic rings. The summed E-state index contributed by atoms with van der Waals surface area (Å²) < 4.78 is 14.2. The number of H-pyrrole nitrogens is 1. The van der Waals surface area contributed by atoms with Crippen molar-refractivity contribution < 1.29 is 9.18 Å². The van der Waals surface area contributed by atoms with Gasteiger partial charge < -0.3 is 4.98 Å². The summed E-state index contributed by atoms with van der Waals surface area (Å²) in [5.74, 6) is -0.704. The Morgan fingerprint density at radius 2 is 1.81 bits per heavy atom. The quantitative estimate of drug-likeness (QED) is 0.272. The van der Waals surface area contributed by atoms with E-state index in [0.717, 1.165) is 10.9 Å². The number of rotatable bonds is 4. The molecule has 0 unspecified atom stereocenters. The highest BCUT2D eigenvalue weighted by Gasteiger charge is 2.36. The van der Waals surface area contributed by atoms with E-state index in [1.165, 1.54) is 28.5 Å². The summed E-state index contributed by atoms with van der Waals surface area (Å²) >= 11 is 7.46. The molecular weight excluding hydrogens is 509 g/mol. The number of carbonyl (C=O) groups excluding carboxylic acids is 1. The Morgan fingerprint density at radius 1 is 1.00 bits per heavy atom. The van der Waals surface area contributed by atoms with E-state index in [4.69, 9.17) is 16.7 Å². The number of aromatic amines is 1. The fraction of sp³-hybridized carbons (Fsp3) is 0.0690. The normalized spacial score (nSPS) is 15.2. The Labute approximate surface area is 220 Å². The van der Waals surface area contributed by atoms with Crippen LogP contribution in [0.3, 0.4) is 0 Å². The Hall–Kier alpha value is -4.07. The summed E-state index contributed by atoms with van der Waals surface area (Å²) in [7, 11) is 0. The molecule has 1 N–H and O–H groups in total. The fourth-order valence-corrected chi connectivity index (χ4v) is 5.55. The van der Waals surface area contributed by atoms with Gasteiger partial charge >= 0.3 is 0 Å². The number of nitrogens with one attached hydrogen (secondary N) is 1. The van der Waals surface area contributed by atoms with E-state index in [2.05, 4.69) is 4.98 Å². The second-order valence-corrected chi connectivity index (χ2v) is 10.1. The van der Waals surface area contributed by atoms with Crippen molar-refractivity contribution in [3.63, 3.8) is 0 Å². The molecule has 0 bridgehead atoms. The number of carbonyl (C=O) groups is 1. The van der Waals surface area contributed by atoms with Gasteiger partial charge in [0.1, 0.15) is 5.82 Å². The van der Waals surface area contributed by atoms with Crippen molar-refractivity contribution in [1.82, 2.24) is 9.99 Å². The molecule has 37 heavy (non-hydrogen) atoms. The molecule has 0 saturated carbocycles. The number of fused-ring (bicyclic) bond motifs is 1. The van der Waals surface area contributed by atoms with Gasteiger partial charge in [-0.25, -0.2) is 9.40 Å². The van der Waals surface area contributed by atoms with Gasteiger partial charge in [0.2, 0.25) is 0 Å². The van der Waals surface area contributed by atoms with Crippen molar-refractivity contribution in [2.24, 2.45) is 5.10 Å². The zero-order chi connectivity index (χ0) is 25.5. The van der Waals surface area contributed by atoms with Gasteiger partial charge in [-0.3, -0.25) is 9.59 Å². The van der Waals surface area contributed by atoms with Crippen LogP contribution in [0.15, 0.2) is 100 Å². The smallest absolute Gasteiger partial charge is 0.284 e. The second-order valence-electron chi connectivity index (χ2n) is 8.71. The molecule has 1 amide bonds. The third kappa shape index (κ3) is 4.26. The number of benzene rings is 3. The summed E-state index contributed by atoms with van der Waals surface area (Å²) in [4.78, 5) is 30.5. The van der Waals surface area contributed by atoms with Gasteiger partial charge in [0.15, 0.2) is 0 Å². The number of thiophene rings is 1. The van der Waals surface area contributed by atoms with E-state index in [0.29, 0.717) is 37.8 Å². The van der Waals surface area contributed by atoms with Gasteiger partial charge in [0.25, 0.3) is 11.5 Å². The number of amides is 1. The first kappa shape index (κ1) is 23.3. The highest BCUT2D eigenvalue weighted by Crippen LogP contribution is 2.38. The highest BCUT2D eigenvalue weighted by atomic mass is 35.5. The molecule has 8 heteroatoms. The standard InChI is InChI=1S/C29H19ClFN3O2S/c30-19-12-10-17(11-13-19)26-21-7-1-2-8-22(21)32-28(35)27(26)23-16-24(18-5-3-6-20(31)15-18)34(33-23)29(36)25-9-4-14-37-25/h1-15,24H,16H2,(H,32,35)/t24-/m0/s1. The van der Waals surface area contributed by atoms with Crippen LogP contribution in [0.5, 0.6) is 0 Å². The molecular formula is C29H19ClFN3O2S. The minimum atomic E-state index is -0.566. The van der Waals surface area contributed by atoms with E-state index >= 15 is 0 Å². The van der Waals surface area contributed by atoms with Crippen LogP contribution in [0.4, 0.5) is 4.39 Å². The number of para-hydroxylation sites is 1. The topological polar surface area (TPSA) is 65.5 Å². The second kappa shape index (κ2) is 9.42. The molecule has 0 aliphatic carbocycles. The van der Waals surface area contributed by atoms with Gasteiger partial charge in [-0.15, -0.1) is 11.3 Å². The summed E-state index contributed by atoms with van der Waals surface area (Å²) in [6.45, 7) is 0. The monoisotopic (exact) mass is 527 g/mol. The van der Waals surface area contributed by atoms with E-state index in [9.17, 15) is 14.0 Å². The summed E-state index contributed by atoms with van der Waals surface area (Å²) in [5.41, 5.74) is 3.32.